The van der Waals surface area contributed by atoms with Crippen LogP contribution in [0, 0.1) is 11.3 Å². The van der Waals surface area contributed by atoms with E-state index in [-0.39, 0.29) is 12.6 Å². The summed E-state index contributed by atoms with van der Waals surface area (Å²) in [5.41, 5.74) is 0.957. The Kier molecular flexibility index (Phi) is 3.71. The molecule has 0 radical (unpaired) electrons. The summed E-state index contributed by atoms with van der Waals surface area (Å²) in [5, 5.41) is 23.2. The minimum Gasteiger partial charge on any atom is -0.395 e. The summed E-state index contributed by atoms with van der Waals surface area (Å²) in [4.78, 5) is 0. The highest BCUT2D eigenvalue weighted by atomic mass is 16.3. The normalized spacial score (nSPS) is 12.2. The van der Waals surface area contributed by atoms with Crippen molar-refractivity contribution in [3.63, 3.8) is 0 Å². The molecule has 0 saturated heterocycles. The van der Waals surface area contributed by atoms with Gasteiger partial charge in [0, 0.05) is 6.54 Å². The second-order valence-corrected chi connectivity index (χ2v) is 3.81. The molecule has 0 aliphatic heterocycles. The van der Waals surface area contributed by atoms with Crippen molar-refractivity contribution in [2.45, 2.75) is 6.04 Å². The van der Waals surface area contributed by atoms with Crippen LogP contribution in [-0.2, 0) is 0 Å². The molecule has 1 atom stereocenters. The molecule has 1 unspecified atom stereocenters. The van der Waals surface area contributed by atoms with Crippen LogP contribution in [0.3, 0.4) is 0 Å². The van der Waals surface area contributed by atoms with Gasteiger partial charge in [0.1, 0.15) is 6.04 Å². The maximum atomic E-state index is 9.17. The Morgan fingerprint density at radius 3 is 2.71 bits per heavy atom. The molecule has 0 heterocycles. The predicted octanol–water partition coefficient (Wildman–Crippen LogP) is 1.99. The first kappa shape index (κ1) is 11.6. The number of nitrogens with zero attached hydrogens (tertiary/aromatic N) is 1. The molecule has 2 aromatic rings. The number of hydrogen-bond donors (Lipinski definition) is 2. The van der Waals surface area contributed by atoms with Gasteiger partial charge in [-0.1, -0.05) is 42.5 Å². The maximum Gasteiger partial charge on any atom is 0.122 e. The average molecular weight is 226 g/mol. The Morgan fingerprint density at radius 1 is 1.18 bits per heavy atom. The molecule has 86 valence electrons. The summed E-state index contributed by atoms with van der Waals surface area (Å²) in [5.74, 6) is 0. The molecule has 0 aliphatic carbocycles. The van der Waals surface area contributed by atoms with E-state index < -0.39 is 0 Å². The molecular weight excluding hydrogens is 212 g/mol. The third-order valence-corrected chi connectivity index (χ3v) is 2.72. The Hall–Kier alpha value is -1.89. The number of benzene rings is 2. The number of nitriles is 1. The highest BCUT2D eigenvalue weighted by Gasteiger charge is 2.11. The summed E-state index contributed by atoms with van der Waals surface area (Å²) in [6.07, 6.45) is 0. The fraction of sp³-hybridized carbons (Fsp3) is 0.214. The first-order valence-electron chi connectivity index (χ1n) is 5.58. The van der Waals surface area contributed by atoms with Gasteiger partial charge < -0.3 is 5.11 Å². The van der Waals surface area contributed by atoms with Crippen LogP contribution in [0.4, 0.5) is 0 Å². The fourth-order valence-electron chi connectivity index (χ4n) is 1.94. The summed E-state index contributed by atoms with van der Waals surface area (Å²) in [6.45, 7) is 0.449. The predicted molar refractivity (Wildman–Crippen MR) is 67.4 cm³/mol. The molecule has 0 fully saturated rings. The molecule has 2 aromatic carbocycles. The van der Waals surface area contributed by atoms with Gasteiger partial charge in [-0.25, -0.2) is 0 Å². The molecular formula is C14H14N2O. The third kappa shape index (κ3) is 2.44. The van der Waals surface area contributed by atoms with Gasteiger partial charge in [-0.05, 0) is 16.3 Å². The number of rotatable bonds is 4. The lowest BCUT2D eigenvalue weighted by Gasteiger charge is -2.13. The lowest BCUT2D eigenvalue weighted by molar-refractivity contribution is 0.289. The standard InChI is InChI=1S/C14H14N2O/c15-10-14(16-8-9-17)13-7-3-5-11-4-1-2-6-12(11)13/h1-7,14,16-17H,8-9H2. The third-order valence-electron chi connectivity index (χ3n) is 2.72. The van der Waals surface area contributed by atoms with Crippen molar-refractivity contribution >= 4 is 10.8 Å². The van der Waals surface area contributed by atoms with Crippen LogP contribution in [0.2, 0.25) is 0 Å². The number of hydrogen-bond acceptors (Lipinski definition) is 3. The van der Waals surface area contributed by atoms with Gasteiger partial charge in [-0.2, -0.15) is 5.26 Å². The van der Waals surface area contributed by atoms with E-state index in [4.69, 9.17) is 5.11 Å². The Labute approximate surface area is 100 Å². The van der Waals surface area contributed by atoms with Gasteiger partial charge in [0.25, 0.3) is 0 Å². The average Bonchev–Trinajstić information content (AvgIpc) is 2.40. The van der Waals surface area contributed by atoms with Gasteiger partial charge >= 0.3 is 0 Å². The highest BCUT2D eigenvalue weighted by molar-refractivity contribution is 5.86. The fourth-order valence-corrected chi connectivity index (χ4v) is 1.94. The van der Waals surface area contributed by atoms with E-state index in [1.165, 1.54) is 0 Å². The lowest BCUT2D eigenvalue weighted by Crippen LogP contribution is -2.23. The zero-order chi connectivity index (χ0) is 12.1. The first-order valence-corrected chi connectivity index (χ1v) is 5.58. The molecule has 0 aromatic heterocycles. The van der Waals surface area contributed by atoms with E-state index in [1.54, 1.807) is 0 Å². The Morgan fingerprint density at radius 2 is 1.94 bits per heavy atom. The summed E-state index contributed by atoms with van der Waals surface area (Å²) < 4.78 is 0. The Balaban J connectivity index is 2.43. The van der Waals surface area contributed by atoms with Crippen LogP contribution >= 0.6 is 0 Å². The van der Waals surface area contributed by atoms with E-state index in [0.717, 1.165) is 16.3 Å². The molecule has 0 amide bonds. The lowest BCUT2D eigenvalue weighted by atomic mass is 9.99. The van der Waals surface area contributed by atoms with Crippen molar-refractivity contribution in [2.75, 3.05) is 13.2 Å². The van der Waals surface area contributed by atoms with Crippen molar-refractivity contribution in [3.8, 4) is 6.07 Å². The molecule has 2 rings (SSSR count). The van der Waals surface area contributed by atoms with E-state index in [9.17, 15) is 5.26 Å². The molecule has 3 heteroatoms. The van der Waals surface area contributed by atoms with E-state index in [0.29, 0.717) is 6.54 Å². The van der Waals surface area contributed by atoms with Crippen molar-refractivity contribution < 1.29 is 5.11 Å². The van der Waals surface area contributed by atoms with Crippen LogP contribution in [0.5, 0.6) is 0 Å². The molecule has 0 aliphatic rings. The molecule has 0 bridgehead atoms. The van der Waals surface area contributed by atoms with E-state index in [1.807, 2.05) is 42.5 Å². The van der Waals surface area contributed by atoms with Crippen molar-refractivity contribution in [2.24, 2.45) is 0 Å². The number of aliphatic hydroxyl groups is 1. The number of nitrogens with one attached hydrogen (secondary N) is 1. The van der Waals surface area contributed by atoms with Gasteiger partial charge in [0.2, 0.25) is 0 Å². The second-order valence-electron chi connectivity index (χ2n) is 3.81. The molecule has 2 N–H and O–H groups in total. The van der Waals surface area contributed by atoms with Gasteiger partial charge in [0.05, 0.1) is 12.7 Å². The zero-order valence-corrected chi connectivity index (χ0v) is 9.43. The van der Waals surface area contributed by atoms with Crippen LogP contribution in [0.1, 0.15) is 11.6 Å². The Bertz CT molecular complexity index is 540. The van der Waals surface area contributed by atoms with Gasteiger partial charge in [-0.3, -0.25) is 5.32 Å². The van der Waals surface area contributed by atoms with Crippen LogP contribution < -0.4 is 5.32 Å². The minimum absolute atomic E-state index is 0.0307. The smallest absolute Gasteiger partial charge is 0.122 e. The zero-order valence-electron chi connectivity index (χ0n) is 9.43. The molecule has 0 spiro atoms. The topological polar surface area (TPSA) is 56.0 Å². The largest absolute Gasteiger partial charge is 0.395 e. The second kappa shape index (κ2) is 5.44. The summed E-state index contributed by atoms with van der Waals surface area (Å²) in [7, 11) is 0. The monoisotopic (exact) mass is 226 g/mol. The first-order chi connectivity index (χ1) is 8.36. The summed E-state index contributed by atoms with van der Waals surface area (Å²) >= 11 is 0. The van der Waals surface area contributed by atoms with Gasteiger partial charge in [-0.15, -0.1) is 0 Å². The SMILES string of the molecule is N#CC(NCCO)c1cccc2ccccc12. The molecule has 17 heavy (non-hydrogen) atoms. The van der Waals surface area contributed by atoms with Gasteiger partial charge in [0.15, 0.2) is 0 Å². The van der Waals surface area contributed by atoms with Crippen LogP contribution in [0.15, 0.2) is 42.5 Å². The molecule has 0 saturated carbocycles. The van der Waals surface area contributed by atoms with Crippen LogP contribution in [0.25, 0.3) is 10.8 Å². The van der Waals surface area contributed by atoms with Crippen molar-refractivity contribution in [1.29, 1.82) is 5.26 Å². The van der Waals surface area contributed by atoms with Crippen molar-refractivity contribution in [1.82, 2.24) is 5.32 Å². The van der Waals surface area contributed by atoms with Crippen LogP contribution in [-0.4, -0.2) is 18.3 Å². The van der Waals surface area contributed by atoms with E-state index >= 15 is 0 Å². The highest BCUT2D eigenvalue weighted by Crippen LogP contribution is 2.23. The number of fused-ring (bicyclic) bond motifs is 1. The quantitative estimate of drug-likeness (QED) is 0.838. The van der Waals surface area contributed by atoms with E-state index in [2.05, 4.69) is 11.4 Å². The molecule has 3 nitrogen and oxygen atoms in total. The minimum atomic E-state index is -0.381. The maximum absolute atomic E-state index is 9.17. The summed E-state index contributed by atoms with van der Waals surface area (Å²) in [6, 6.07) is 15.7. The number of aliphatic hydroxyl groups excluding tert-OH is 1. The van der Waals surface area contributed by atoms with Crippen molar-refractivity contribution in [3.05, 3.63) is 48.0 Å².